The number of rotatable bonds is 6. The topological polar surface area (TPSA) is 91.0 Å². The van der Waals surface area contributed by atoms with Crippen LogP contribution in [0.2, 0.25) is 0 Å². The zero-order chi connectivity index (χ0) is 22.1. The van der Waals surface area contributed by atoms with E-state index < -0.39 is 17.7 Å². The number of aliphatic hydroxyl groups excluding tert-OH is 1. The van der Waals surface area contributed by atoms with E-state index in [-0.39, 0.29) is 29.2 Å². The standard InChI is InChI=1S/C25H23NO5/c1-15-8-11-19(27)18(14-15)26-23(21-13-9-16(2)31-21)22(24(29)25(26)30)20(28)12-10-17-6-4-3-5-7-17/h3-9,11,13-14,23,27,29H,10,12H2,1-2H3. The Hall–Kier alpha value is -3.80. The van der Waals surface area contributed by atoms with Crippen molar-refractivity contribution in [3.05, 3.63) is 94.6 Å². The molecule has 0 fully saturated rings. The molecular formula is C25H23NO5. The number of carbonyl (C=O) groups is 2. The summed E-state index contributed by atoms with van der Waals surface area (Å²) in [6.45, 7) is 3.59. The highest BCUT2D eigenvalue weighted by atomic mass is 16.3. The molecule has 2 heterocycles. The van der Waals surface area contributed by atoms with Gasteiger partial charge in [0.2, 0.25) is 0 Å². The summed E-state index contributed by atoms with van der Waals surface area (Å²) in [6, 6.07) is 16.8. The van der Waals surface area contributed by atoms with E-state index in [9.17, 15) is 19.8 Å². The van der Waals surface area contributed by atoms with E-state index in [4.69, 9.17) is 4.42 Å². The number of aromatic hydroxyl groups is 1. The van der Waals surface area contributed by atoms with Gasteiger partial charge in [-0.05, 0) is 55.7 Å². The predicted octanol–water partition coefficient (Wildman–Crippen LogP) is 4.70. The molecule has 1 atom stereocenters. The molecule has 6 heteroatoms. The first-order valence-electron chi connectivity index (χ1n) is 10.1. The van der Waals surface area contributed by atoms with Crippen LogP contribution in [0.5, 0.6) is 5.75 Å². The number of nitrogens with zero attached hydrogens (tertiary/aromatic N) is 1. The second-order valence-corrected chi connectivity index (χ2v) is 7.69. The Morgan fingerprint density at radius 2 is 1.77 bits per heavy atom. The van der Waals surface area contributed by atoms with Crippen LogP contribution in [0.4, 0.5) is 5.69 Å². The van der Waals surface area contributed by atoms with Crippen LogP contribution in [0.3, 0.4) is 0 Å². The van der Waals surface area contributed by atoms with Gasteiger partial charge >= 0.3 is 0 Å². The van der Waals surface area contributed by atoms with Crippen molar-refractivity contribution in [1.82, 2.24) is 0 Å². The van der Waals surface area contributed by atoms with Crippen LogP contribution in [0.25, 0.3) is 0 Å². The average Bonchev–Trinajstić information content (AvgIpc) is 3.30. The molecule has 1 aliphatic rings. The highest BCUT2D eigenvalue weighted by Gasteiger charge is 2.46. The highest BCUT2D eigenvalue weighted by molar-refractivity contribution is 6.16. The van der Waals surface area contributed by atoms with E-state index in [2.05, 4.69) is 0 Å². The van der Waals surface area contributed by atoms with Crippen molar-refractivity contribution in [2.45, 2.75) is 32.7 Å². The highest BCUT2D eigenvalue weighted by Crippen LogP contribution is 2.44. The first-order chi connectivity index (χ1) is 14.9. The molecule has 0 saturated carbocycles. The number of carbonyl (C=O) groups excluding carboxylic acids is 2. The largest absolute Gasteiger partial charge is 0.506 e. The fraction of sp³-hybridized carbons (Fsp3) is 0.200. The number of phenolic OH excluding ortho intramolecular Hbond substituents is 1. The molecule has 2 N–H and O–H groups in total. The molecule has 6 nitrogen and oxygen atoms in total. The number of ketones is 1. The van der Waals surface area contributed by atoms with Gasteiger partial charge in [0.05, 0.1) is 11.3 Å². The van der Waals surface area contributed by atoms with E-state index >= 15 is 0 Å². The maximum atomic E-state index is 13.2. The Bertz CT molecular complexity index is 1180. The summed E-state index contributed by atoms with van der Waals surface area (Å²) in [6.07, 6.45) is 0.602. The molecule has 0 spiro atoms. The van der Waals surface area contributed by atoms with E-state index in [1.165, 1.54) is 11.0 Å². The summed E-state index contributed by atoms with van der Waals surface area (Å²) in [5, 5.41) is 21.1. The summed E-state index contributed by atoms with van der Waals surface area (Å²) in [5.74, 6) is -0.875. The van der Waals surface area contributed by atoms with E-state index in [0.717, 1.165) is 11.1 Å². The maximum Gasteiger partial charge on any atom is 0.294 e. The van der Waals surface area contributed by atoms with Gasteiger partial charge in [-0.1, -0.05) is 36.4 Å². The third-order valence-electron chi connectivity index (χ3n) is 5.41. The Balaban J connectivity index is 1.74. The number of benzene rings is 2. The fourth-order valence-electron chi connectivity index (χ4n) is 3.87. The van der Waals surface area contributed by atoms with Crippen molar-refractivity contribution in [1.29, 1.82) is 0 Å². The van der Waals surface area contributed by atoms with E-state index in [1.54, 1.807) is 31.2 Å². The Morgan fingerprint density at radius 3 is 2.45 bits per heavy atom. The van der Waals surface area contributed by atoms with Gasteiger partial charge in [0.25, 0.3) is 5.91 Å². The quantitative estimate of drug-likeness (QED) is 0.606. The molecule has 2 aromatic carbocycles. The van der Waals surface area contributed by atoms with Crippen LogP contribution in [0.1, 0.15) is 35.1 Å². The number of phenols is 1. The average molecular weight is 417 g/mol. The molecule has 158 valence electrons. The molecule has 4 rings (SSSR count). The minimum absolute atomic E-state index is 0.0174. The van der Waals surface area contributed by atoms with Gasteiger partial charge in [0, 0.05) is 6.42 Å². The van der Waals surface area contributed by atoms with Gasteiger partial charge in [0.1, 0.15) is 23.3 Å². The van der Waals surface area contributed by atoms with Gasteiger partial charge in [-0.25, -0.2) is 0 Å². The minimum Gasteiger partial charge on any atom is -0.506 e. The van der Waals surface area contributed by atoms with Crippen molar-refractivity contribution < 1.29 is 24.2 Å². The third kappa shape index (κ3) is 3.84. The first-order valence-corrected chi connectivity index (χ1v) is 10.1. The van der Waals surface area contributed by atoms with E-state index in [1.807, 2.05) is 37.3 Å². The van der Waals surface area contributed by atoms with Crippen LogP contribution in [-0.2, 0) is 16.0 Å². The zero-order valence-electron chi connectivity index (χ0n) is 17.3. The number of hydrogen-bond acceptors (Lipinski definition) is 5. The fourth-order valence-corrected chi connectivity index (χ4v) is 3.87. The van der Waals surface area contributed by atoms with Crippen molar-refractivity contribution in [3.63, 3.8) is 0 Å². The number of aliphatic hydroxyl groups is 1. The van der Waals surface area contributed by atoms with Gasteiger partial charge in [0.15, 0.2) is 11.5 Å². The number of hydrogen-bond donors (Lipinski definition) is 2. The first kappa shape index (κ1) is 20.5. The number of furan rings is 1. The van der Waals surface area contributed by atoms with Crippen LogP contribution < -0.4 is 4.90 Å². The number of Topliss-reactive ketones (excluding diaryl/α,β-unsaturated/α-hetero) is 1. The van der Waals surface area contributed by atoms with Gasteiger partial charge in [-0.3, -0.25) is 14.5 Å². The third-order valence-corrected chi connectivity index (χ3v) is 5.41. The zero-order valence-corrected chi connectivity index (χ0v) is 17.3. The molecule has 1 amide bonds. The predicted molar refractivity (Wildman–Crippen MR) is 116 cm³/mol. The van der Waals surface area contributed by atoms with Gasteiger partial charge in [-0.15, -0.1) is 0 Å². The lowest BCUT2D eigenvalue weighted by Crippen LogP contribution is -2.31. The molecule has 0 bridgehead atoms. The second kappa shape index (κ2) is 8.14. The SMILES string of the molecule is Cc1ccc(O)c(N2C(=O)C(O)=C(C(=O)CCc3ccccc3)C2c2ccc(C)o2)c1. The normalized spacial score (nSPS) is 16.3. The van der Waals surface area contributed by atoms with Gasteiger partial charge < -0.3 is 14.6 Å². The molecule has 1 aliphatic heterocycles. The van der Waals surface area contributed by atoms with Crippen molar-refractivity contribution >= 4 is 17.4 Å². The lowest BCUT2D eigenvalue weighted by Gasteiger charge is -2.26. The van der Waals surface area contributed by atoms with Crippen molar-refractivity contribution in [2.75, 3.05) is 4.90 Å². The minimum atomic E-state index is -0.961. The Morgan fingerprint density at radius 1 is 1.03 bits per heavy atom. The van der Waals surface area contributed by atoms with Crippen LogP contribution in [0, 0.1) is 13.8 Å². The van der Waals surface area contributed by atoms with Crippen molar-refractivity contribution in [2.24, 2.45) is 0 Å². The lowest BCUT2D eigenvalue weighted by molar-refractivity contribution is -0.118. The van der Waals surface area contributed by atoms with E-state index in [0.29, 0.717) is 17.9 Å². The van der Waals surface area contributed by atoms with Gasteiger partial charge in [-0.2, -0.15) is 0 Å². The number of anilines is 1. The molecular weight excluding hydrogens is 394 g/mol. The molecule has 31 heavy (non-hydrogen) atoms. The summed E-state index contributed by atoms with van der Waals surface area (Å²) in [4.78, 5) is 27.5. The lowest BCUT2D eigenvalue weighted by atomic mass is 9.96. The van der Waals surface area contributed by atoms with Crippen LogP contribution in [-0.4, -0.2) is 21.9 Å². The monoisotopic (exact) mass is 417 g/mol. The molecule has 0 saturated heterocycles. The Kier molecular flexibility index (Phi) is 5.38. The maximum absolute atomic E-state index is 13.2. The smallest absolute Gasteiger partial charge is 0.294 e. The Labute approximate surface area is 180 Å². The second-order valence-electron chi connectivity index (χ2n) is 7.69. The molecule has 1 unspecified atom stereocenters. The summed E-state index contributed by atoms with van der Waals surface area (Å²) < 4.78 is 5.76. The number of amides is 1. The van der Waals surface area contributed by atoms with Crippen LogP contribution >= 0.6 is 0 Å². The molecule has 1 aromatic heterocycles. The summed E-state index contributed by atoms with van der Waals surface area (Å²) >= 11 is 0. The molecule has 0 aliphatic carbocycles. The summed E-state index contributed by atoms with van der Waals surface area (Å²) in [7, 11) is 0. The van der Waals surface area contributed by atoms with Crippen LogP contribution in [0.15, 0.2) is 76.4 Å². The van der Waals surface area contributed by atoms with Crippen molar-refractivity contribution in [3.8, 4) is 5.75 Å². The summed E-state index contributed by atoms with van der Waals surface area (Å²) in [5.41, 5.74) is 2.00. The number of aryl methyl sites for hydroxylation is 3. The molecule has 0 radical (unpaired) electrons. The molecule has 3 aromatic rings.